The van der Waals surface area contributed by atoms with E-state index in [2.05, 4.69) is 10.1 Å². The van der Waals surface area contributed by atoms with Crippen LogP contribution in [0.2, 0.25) is 0 Å². The summed E-state index contributed by atoms with van der Waals surface area (Å²) in [7, 11) is -3.53. The summed E-state index contributed by atoms with van der Waals surface area (Å²) in [5.41, 5.74) is 1.26. The summed E-state index contributed by atoms with van der Waals surface area (Å²) in [6, 6.07) is 9.66. The molecule has 0 aliphatic heterocycles. The summed E-state index contributed by atoms with van der Waals surface area (Å²) in [4.78, 5) is 3.06. The monoisotopic (exact) mass is 502 g/mol. The topological polar surface area (TPSA) is 77.3 Å². The first kappa shape index (κ1) is 24.4. The predicted octanol–water partition coefficient (Wildman–Crippen LogP) is 4.85. The second kappa shape index (κ2) is 9.88. The van der Waals surface area contributed by atoms with Crippen molar-refractivity contribution in [1.82, 2.24) is 14.8 Å². The molecule has 0 fully saturated rings. The molecule has 0 saturated carbocycles. The molecule has 0 aliphatic rings. The molecule has 35 heavy (non-hydrogen) atoms. The lowest BCUT2D eigenvalue weighted by Gasteiger charge is -2.25. The molecule has 0 aliphatic carbocycles. The smallest absolute Gasteiger partial charge is 0.269 e. The van der Waals surface area contributed by atoms with Gasteiger partial charge in [-0.2, -0.15) is 5.10 Å². The molecule has 0 atom stereocenters. The standard InChI is InChI=1S/C24H21F3N4O3S/c1-3-30-14-19(16-9-11-28-12-10-16)24(29-30)18-5-4-6-21(23(18)27)31(15-34-2)35(32,33)22-13-17(25)7-8-20(22)26/h4-14H,3,15H2,1-2H3. The van der Waals surface area contributed by atoms with Gasteiger partial charge < -0.3 is 4.74 Å². The van der Waals surface area contributed by atoms with Crippen molar-refractivity contribution in [2.45, 2.75) is 18.4 Å². The van der Waals surface area contributed by atoms with Crippen molar-refractivity contribution >= 4 is 15.7 Å². The molecule has 0 saturated heterocycles. The number of nitrogens with zero attached hydrogens (tertiary/aromatic N) is 4. The third kappa shape index (κ3) is 4.64. The molecule has 7 nitrogen and oxygen atoms in total. The number of ether oxygens (including phenoxy) is 1. The van der Waals surface area contributed by atoms with Gasteiger partial charge in [0.05, 0.1) is 5.69 Å². The number of methoxy groups -OCH3 is 1. The van der Waals surface area contributed by atoms with Gasteiger partial charge in [-0.3, -0.25) is 9.67 Å². The molecule has 4 aromatic rings. The molecular weight excluding hydrogens is 481 g/mol. The number of pyridine rings is 1. The molecule has 2 aromatic heterocycles. The van der Waals surface area contributed by atoms with E-state index < -0.39 is 44.8 Å². The minimum atomic E-state index is -4.73. The van der Waals surface area contributed by atoms with Crippen molar-refractivity contribution in [2.75, 3.05) is 18.1 Å². The number of rotatable bonds is 8. The number of aryl methyl sites for hydroxylation is 1. The van der Waals surface area contributed by atoms with Crippen LogP contribution in [0.1, 0.15) is 6.92 Å². The van der Waals surface area contributed by atoms with Crippen molar-refractivity contribution in [1.29, 1.82) is 0 Å². The minimum absolute atomic E-state index is 0.0255. The second-order valence-electron chi connectivity index (χ2n) is 7.47. The molecule has 11 heteroatoms. The van der Waals surface area contributed by atoms with Crippen LogP contribution in [-0.4, -0.2) is 37.0 Å². The third-order valence-electron chi connectivity index (χ3n) is 5.29. The Bertz CT molecular complexity index is 1460. The van der Waals surface area contributed by atoms with Crippen LogP contribution in [0.15, 0.2) is 72.0 Å². The minimum Gasteiger partial charge on any atom is -0.363 e. The number of hydrogen-bond acceptors (Lipinski definition) is 5. The number of halogens is 3. The largest absolute Gasteiger partial charge is 0.363 e. The van der Waals surface area contributed by atoms with Gasteiger partial charge in [0.25, 0.3) is 10.0 Å². The number of anilines is 1. The zero-order valence-corrected chi connectivity index (χ0v) is 19.6. The Morgan fingerprint density at radius 3 is 2.46 bits per heavy atom. The van der Waals surface area contributed by atoms with Gasteiger partial charge in [-0.1, -0.05) is 6.07 Å². The molecule has 4 rings (SSSR count). The van der Waals surface area contributed by atoms with E-state index in [1.165, 1.54) is 25.3 Å². The van der Waals surface area contributed by atoms with E-state index in [4.69, 9.17) is 4.74 Å². The molecular formula is C24H21F3N4O3S. The van der Waals surface area contributed by atoms with E-state index in [1.54, 1.807) is 35.4 Å². The quantitative estimate of drug-likeness (QED) is 0.322. The molecule has 0 bridgehead atoms. The number of sulfonamides is 1. The van der Waals surface area contributed by atoms with Crippen molar-refractivity contribution in [3.8, 4) is 22.4 Å². The van der Waals surface area contributed by atoms with E-state index >= 15 is 4.39 Å². The van der Waals surface area contributed by atoms with Gasteiger partial charge in [-0.25, -0.2) is 25.9 Å². The number of hydrogen-bond donors (Lipinski definition) is 0. The second-order valence-corrected chi connectivity index (χ2v) is 9.30. The average molecular weight is 503 g/mol. The third-order valence-corrected chi connectivity index (χ3v) is 7.04. The lowest BCUT2D eigenvalue weighted by atomic mass is 10.0. The van der Waals surface area contributed by atoms with Gasteiger partial charge in [0, 0.05) is 43.4 Å². The Hall–Kier alpha value is -3.70. The molecule has 0 radical (unpaired) electrons. The fourth-order valence-electron chi connectivity index (χ4n) is 3.60. The van der Waals surface area contributed by atoms with Gasteiger partial charge >= 0.3 is 0 Å². The van der Waals surface area contributed by atoms with Crippen molar-refractivity contribution in [3.63, 3.8) is 0 Å². The van der Waals surface area contributed by atoms with Gasteiger partial charge in [0.1, 0.15) is 29.0 Å². The summed E-state index contributed by atoms with van der Waals surface area (Å²) in [6.45, 7) is 1.75. The normalized spacial score (nSPS) is 11.6. The van der Waals surface area contributed by atoms with Crippen molar-refractivity contribution in [2.24, 2.45) is 0 Å². The van der Waals surface area contributed by atoms with Crippen molar-refractivity contribution < 1.29 is 26.3 Å². The van der Waals surface area contributed by atoms with Gasteiger partial charge in [0.2, 0.25) is 0 Å². The van der Waals surface area contributed by atoms with Crippen LogP contribution >= 0.6 is 0 Å². The van der Waals surface area contributed by atoms with E-state index in [0.717, 1.165) is 11.6 Å². The molecule has 0 unspecified atom stereocenters. The van der Waals surface area contributed by atoms with Gasteiger partial charge in [-0.05, 0) is 55.0 Å². The molecule has 2 aromatic carbocycles. The Morgan fingerprint density at radius 1 is 1.03 bits per heavy atom. The Kier molecular flexibility index (Phi) is 6.90. The summed E-state index contributed by atoms with van der Waals surface area (Å²) < 4.78 is 77.9. The molecule has 182 valence electrons. The predicted molar refractivity (Wildman–Crippen MR) is 124 cm³/mol. The van der Waals surface area contributed by atoms with Crippen LogP contribution in [0.5, 0.6) is 0 Å². The summed E-state index contributed by atoms with van der Waals surface area (Å²) in [5, 5.41) is 4.48. The van der Waals surface area contributed by atoms with Crippen LogP contribution in [-0.2, 0) is 21.3 Å². The summed E-state index contributed by atoms with van der Waals surface area (Å²) in [5.74, 6) is -3.05. The van der Waals surface area contributed by atoms with Crippen LogP contribution in [0.3, 0.4) is 0 Å². The first-order valence-electron chi connectivity index (χ1n) is 10.5. The molecule has 2 heterocycles. The van der Waals surface area contributed by atoms with Crippen LogP contribution < -0.4 is 4.31 Å². The van der Waals surface area contributed by atoms with Crippen LogP contribution in [0, 0.1) is 17.5 Å². The van der Waals surface area contributed by atoms with E-state index in [9.17, 15) is 17.2 Å². The SMILES string of the molecule is CCn1cc(-c2ccncc2)c(-c2cccc(N(COC)S(=O)(=O)c3cc(F)ccc3F)c2F)n1. The molecule has 0 amide bonds. The highest BCUT2D eigenvalue weighted by molar-refractivity contribution is 7.92. The lowest BCUT2D eigenvalue weighted by Crippen LogP contribution is -2.34. The highest BCUT2D eigenvalue weighted by Gasteiger charge is 2.31. The Labute approximate surface area is 200 Å². The molecule has 0 N–H and O–H groups in total. The number of benzene rings is 2. The highest BCUT2D eigenvalue weighted by Crippen LogP contribution is 2.37. The van der Waals surface area contributed by atoms with E-state index in [-0.39, 0.29) is 11.3 Å². The van der Waals surface area contributed by atoms with Gasteiger partial charge in [0.15, 0.2) is 5.82 Å². The zero-order valence-electron chi connectivity index (χ0n) is 18.8. The van der Waals surface area contributed by atoms with E-state index in [0.29, 0.717) is 28.5 Å². The first-order valence-corrected chi connectivity index (χ1v) is 12.0. The maximum absolute atomic E-state index is 16.0. The maximum atomic E-state index is 16.0. The average Bonchev–Trinajstić information content (AvgIpc) is 3.29. The van der Waals surface area contributed by atoms with Crippen LogP contribution in [0.4, 0.5) is 18.9 Å². The summed E-state index contributed by atoms with van der Waals surface area (Å²) in [6.07, 6.45) is 4.94. The Balaban J connectivity index is 1.89. The Morgan fingerprint density at radius 2 is 1.77 bits per heavy atom. The van der Waals surface area contributed by atoms with E-state index in [1.807, 2.05) is 6.92 Å². The van der Waals surface area contributed by atoms with Gasteiger partial charge in [-0.15, -0.1) is 0 Å². The zero-order chi connectivity index (χ0) is 25.2. The first-order chi connectivity index (χ1) is 16.8. The van der Waals surface area contributed by atoms with Crippen molar-refractivity contribution in [3.05, 3.63) is 84.6 Å². The van der Waals surface area contributed by atoms with Crippen LogP contribution in [0.25, 0.3) is 22.4 Å². The highest BCUT2D eigenvalue weighted by atomic mass is 32.2. The maximum Gasteiger partial charge on any atom is 0.269 e. The number of aromatic nitrogens is 3. The lowest BCUT2D eigenvalue weighted by molar-refractivity contribution is 0.209. The fourth-order valence-corrected chi connectivity index (χ4v) is 5.06. The fraction of sp³-hybridized carbons (Fsp3) is 0.167. The summed E-state index contributed by atoms with van der Waals surface area (Å²) >= 11 is 0. The molecule has 0 spiro atoms.